The Morgan fingerprint density at radius 2 is 2.62 bits per heavy atom. The Morgan fingerprint density at radius 3 is 2.75 bits per heavy atom. The molecule has 1 saturated heterocycles. The van der Waals surface area contributed by atoms with E-state index in [4.69, 9.17) is 5.11 Å². The van der Waals surface area contributed by atoms with E-state index in [1.54, 1.807) is 0 Å². The highest BCUT2D eigenvalue weighted by Crippen LogP contribution is 2.36. The lowest BCUT2D eigenvalue weighted by Gasteiger charge is -2.13. The minimum absolute atomic E-state index is 0.180. The largest absolute Gasteiger partial charge is 0.766 e. The lowest BCUT2D eigenvalue weighted by Crippen LogP contribution is -2.23. The zero-order chi connectivity index (χ0) is 6.20. The topological polar surface area (TPSA) is 81.6 Å². The molecular formula is C2H5NO4P-. The molecule has 0 aliphatic carbocycles. The monoisotopic (exact) mass is 138 g/mol. The van der Waals surface area contributed by atoms with Crippen molar-refractivity contribution < 1.29 is 19.1 Å². The molecule has 0 amide bonds. The predicted octanol–water partition coefficient (Wildman–Crippen LogP) is -1.61. The van der Waals surface area contributed by atoms with Crippen LogP contribution in [-0.4, -0.2) is 17.9 Å². The summed E-state index contributed by atoms with van der Waals surface area (Å²) in [6.45, 7) is -0.180. The molecule has 2 N–H and O–H groups in total. The van der Waals surface area contributed by atoms with Gasteiger partial charge in [0.25, 0.3) is 0 Å². The van der Waals surface area contributed by atoms with Gasteiger partial charge < -0.3 is 14.5 Å². The Morgan fingerprint density at radius 1 is 2.00 bits per heavy atom. The van der Waals surface area contributed by atoms with E-state index >= 15 is 0 Å². The van der Waals surface area contributed by atoms with E-state index in [1.807, 2.05) is 5.09 Å². The highest BCUT2D eigenvalue weighted by atomic mass is 31.2. The van der Waals surface area contributed by atoms with Gasteiger partial charge in [-0.15, -0.1) is 0 Å². The average molecular weight is 138 g/mol. The molecule has 0 saturated carbocycles. The summed E-state index contributed by atoms with van der Waals surface area (Å²) in [5.74, 6) is 0. The van der Waals surface area contributed by atoms with Gasteiger partial charge in [-0.2, -0.15) is 0 Å². The van der Waals surface area contributed by atoms with Crippen molar-refractivity contribution in [1.29, 1.82) is 0 Å². The van der Waals surface area contributed by atoms with Crippen LogP contribution < -0.4 is 9.98 Å². The first-order valence-electron chi connectivity index (χ1n) is 2.02. The summed E-state index contributed by atoms with van der Waals surface area (Å²) in [6, 6.07) is 0. The van der Waals surface area contributed by atoms with Gasteiger partial charge in [-0.05, 0) is 0 Å². The van der Waals surface area contributed by atoms with Crippen molar-refractivity contribution in [2.75, 3.05) is 6.61 Å². The molecule has 5 nitrogen and oxygen atoms in total. The van der Waals surface area contributed by atoms with Crippen LogP contribution in [0.25, 0.3) is 0 Å². The normalized spacial score (nSPS) is 47.5. The van der Waals surface area contributed by atoms with Crippen LogP contribution in [0.5, 0.6) is 0 Å². The lowest BCUT2D eigenvalue weighted by atomic mass is 10.7. The Balaban J connectivity index is 2.57. The Bertz CT molecular complexity index is 136. The fourth-order valence-corrected chi connectivity index (χ4v) is 1.28. The van der Waals surface area contributed by atoms with E-state index in [0.29, 0.717) is 0 Å². The molecular weight excluding hydrogens is 133 g/mol. The summed E-state index contributed by atoms with van der Waals surface area (Å²) >= 11 is 0. The standard InChI is InChI=1S/C2H6NO4P/c4-2-1-7-8(5,6)3-2/h2,4H,1H2,(H2,3,5,6)/p-1/t2-/m0/s1. The van der Waals surface area contributed by atoms with Gasteiger partial charge in [-0.25, -0.2) is 5.09 Å². The van der Waals surface area contributed by atoms with Crippen molar-refractivity contribution in [3.05, 3.63) is 0 Å². The first-order valence-corrected chi connectivity index (χ1v) is 3.56. The fourth-order valence-electron chi connectivity index (χ4n) is 0.426. The number of hydrogen-bond donors (Lipinski definition) is 2. The van der Waals surface area contributed by atoms with Crippen LogP contribution in [0.4, 0.5) is 0 Å². The second-order valence-corrected chi connectivity index (χ2v) is 2.95. The zero-order valence-corrected chi connectivity index (χ0v) is 4.80. The van der Waals surface area contributed by atoms with Crippen molar-refractivity contribution in [1.82, 2.24) is 5.09 Å². The maximum Gasteiger partial charge on any atom is 0.206 e. The molecule has 6 heteroatoms. The van der Waals surface area contributed by atoms with Gasteiger partial charge in [0.05, 0.1) is 6.61 Å². The third kappa shape index (κ3) is 1.27. The van der Waals surface area contributed by atoms with E-state index in [9.17, 15) is 9.46 Å². The molecule has 0 aromatic rings. The molecule has 1 unspecified atom stereocenters. The van der Waals surface area contributed by atoms with Crippen molar-refractivity contribution in [2.24, 2.45) is 0 Å². The number of nitrogens with one attached hydrogen (secondary N) is 1. The molecule has 2 atom stereocenters. The summed E-state index contributed by atoms with van der Waals surface area (Å²) in [5.41, 5.74) is 0. The quantitative estimate of drug-likeness (QED) is 0.393. The van der Waals surface area contributed by atoms with Gasteiger partial charge in [0.1, 0.15) is 6.23 Å². The van der Waals surface area contributed by atoms with E-state index in [-0.39, 0.29) is 6.61 Å². The van der Waals surface area contributed by atoms with E-state index in [1.165, 1.54) is 0 Å². The van der Waals surface area contributed by atoms with Gasteiger partial charge in [0.2, 0.25) is 7.75 Å². The summed E-state index contributed by atoms with van der Waals surface area (Å²) in [7, 11) is -3.85. The van der Waals surface area contributed by atoms with Gasteiger partial charge in [-0.1, -0.05) is 0 Å². The van der Waals surface area contributed by atoms with Gasteiger partial charge >= 0.3 is 0 Å². The average Bonchev–Trinajstić information content (AvgIpc) is 1.82. The summed E-state index contributed by atoms with van der Waals surface area (Å²) < 4.78 is 14.3. The molecule has 1 rings (SSSR count). The first kappa shape index (κ1) is 6.19. The van der Waals surface area contributed by atoms with Gasteiger partial charge in [-0.3, -0.25) is 4.57 Å². The van der Waals surface area contributed by atoms with Crippen LogP contribution in [0.2, 0.25) is 0 Å². The SMILES string of the molecule is O=P1([O-])N[C@@H](O)CO1. The molecule has 48 valence electrons. The van der Waals surface area contributed by atoms with E-state index in [2.05, 4.69) is 4.52 Å². The Labute approximate surface area is 45.9 Å². The van der Waals surface area contributed by atoms with Crippen LogP contribution in [0.3, 0.4) is 0 Å². The molecule has 0 aromatic heterocycles. The number of rotatable bonds is 0. The van der Waals surface area contributed by atoms with E-state index in [0.717, 1.165) is 0 Å². The van der Waals surface area contributed by atoms with Crippen molar-refractivity contribution >= 4 is 7.75 Å². The maximum absolute atomic E-state index is 10.2. The van der Waals surface area contributed by atoms with Crippen LogP contribution in [0.1, 0.15) is 0 Å². The summed E-state index contributed by atoms with van der Waals surface area (Å²) in [5, 5.41) is 10.3. The molecule has 1 fully saturated rings. The zero-order valence-electron chi connectivity index (χ0n) is 3.90. The number of hydrogen-bond acceptors (Lipinski definition) is 4. The minimum Gasteiger partial charge on any atom is -0.766 e. The number of aliphatic hydroxyl groups is 1. The third-order valence-corrected chi connectivity index (χ3v) is 1.81. The summed E-state index contributed by atoms with van der Waals surface area (Å²) in [6.07, 6.45) is -1.06. The molecule has 0 spiro atoms. The molecule has 0 bridgehead atoms. The van der Waals surface area contributed by atoms with Gasteiger partial charge in [0.15, 0.2) is 0 Å². The summed E-state index contributed by atoms with van der Waals surface area (Å²) in [4.78, 5) is 10.2. The number of aliphatic hydroxyl groups excluding tert-OH is 1. The molecule has 8 heavy (non-hydrogen) atoms. The second-order valence-electron chi connectivity index (χ2n) is 1.44. The lowest BCUT2D eigenvalue weighted by molar-refractivity contribution is -0.197. The van der Waals surface area contributed by atoms with Crippen LogP contribution in [-0.2, 0) is 9.09 Å². The molecule has 1 aliphatic rings. The second kappa shape index (κ2) is 1.79. The van der Waals surface area contributed by atoms with Crippen molar-refractivity contribution in [3.63, 3.8) is 0 Å². The Kier molecular flexibility index (Phi) is 1.38. The molecule has 1 heterocycles. The van der Waals surface area contributed by atoms with Crippen molar-refractivity contribution in [3.8, 4) is 0 Å². The highest BCUT2D eigenvalue weighted by Gasteiger charge is 2.22. The Hall–Kier alpha value is 0.0700. The third-order valence-electron chi connectivity index (χ3n) is 0.709. The maximum atomic E-state index is 10.2. The highest BCUT2D eigenvalue weighted by molar-refractivity contribution is 7.49. The van der Waals surface area contributed by atoms with Crippen LogP contribution in [0.15, 0.2) is 0 Å². The van der Waals surface area contributed by atoms with Crippen LogP contribution in [0, 0.1) is 0 Å². The minimum atomic E-state index is -3.85. The smallest absolute Gasteiger partial charge is 0.206 e. The predicted molar refractivity (Wildman–Crippen MR) is 22.7 cm³/mol. The molecule has 1 aliphatic heterocycles. The van der Waals surface area contributed by atoms with Gasteiger partial charge in [0, 0.05) is 0 Å². The van der Waals surface area contributed by atoms with Crippen LogP contribution >= 0.6 is 7.75 Å². The van der Waals surface area contributed by atoms with E-state index < -0.39 is 14.0 Å². The molecule has 0 radical (unpaired) electrons. The van der Waals surface area contributed by atoms with Crippen molar-refractivity contribution in [2.45, 2.75) is 6.23 Å². The first-order chi connectivity index (χ1) is 3.60. The molecule has 0 aromatic carbocycles. The fraction of sp³-hybridized carbons (Fsp3) is 1.00.